The van der Waals surface area contributed by atoms with Gasteiger partial charge >= 0.3 is 5.97 Å². The number of hydrogen-bond acceptors (Lipinski definition) is 3. The minimum Gasteiger partial charge on any atom is -0.496 e. The summed E-state index contributed by atoms with van der Waals surface area (Å²) in [5.74, 6) is 0.584. The third-order valence-electron chi connectivity index (χ3n) is 4.29. The molecule has 0 radical (unpaired) electrons. The molecule has 0 amide bonds. The van der Waals surface area contributed by atoms with Gasteiger partial charge in [-0.1, -0.05) is 54.6 Å². The highest BCUT2D eigenvalue weighted by Gasteiger charge is 2.41. The van der Waals surface area contributed by atoms with E-state index < -0.39 is 5.41 Å². The average Bonchev–Trinajstić information content (AvgIpc) is 2.96. The van der Waals surface area contributed by atoms with Crippen molar-refractivity contribution in [1.29, 1.82) is 0 Å². The summed E-state index contributed by atoms with van der Waals surface area (Å²) in [5.41, 5.74) is 2.63. The second kappa shape index (κ2) is 6.29. The van der Waals surface area contributed by atoms with Crippen LogP contribution in [0.3, 0.4) is 0 Å². The Hall–Kier alpha value is -2.55. The third kappa shape index (κ3) is 2.63. The minimum atomic E-state index is -0.546. The van der Waals surface area contributed by atoms with E-state index in [1.807, 2.05) is 55.5 Å². The quantitative estimate of drug-likeness (QED) is 0.784. The molecule has 0 fully saturated rings. The summed E-state index contributed by atoms with van der Waals surface area (Å²) in [6.45, 7) is 2.21. The number of carbonyl (C=O) groups excluding carboxylic acids is 1. The number of esters is 1. The lowest BCUT2D eigenvalue weighted by atomic mass is 9.73. The first kappa shape index (κ1) is 15.3. The molecule has 2 aromatic carbocycles. The van der Waals surface area contributed by atoms with E-state index in [4.69, 9.17) is 9.47 Å². The van der Waals surface area contributed by atoms with Gasteiger partial charge in [0.25, 0.3) is 0 Å². The summed E-state index contributed by atoms with van der Waals surface area (Å²) in [5, 5.41) is 0. The van der Waals surface area contributed by atoms with Gasteiger partial charge in [-0.2, -0.15) is 0 Å². The summed E-state index contributed by atoms with van der Waals surface area (Å²) in [6.07, 6.45) is 4.41. The van der Waals surface area contributed by atoms with Gasteiger partial charge in [-0.25, -0.2) is 0 Å². The van der Waals surface area contributed by atoms with Crippen molar-refractivity contribution in [3.05, 3.63) is 71.3 Å². The largest absolute Gasteiger partial charge is 0.496 e. The van der Waals surface area contributed by atoms with Gasteiger partial charge in [0.05, 0.1) is 25.6 Å². The van der Waals surface area contributed by atoms with Crippen LogP contribution >= 0.6 is 0 Å². The molecule has 23 heavy (non-hydrogen) atoms. The van der Waals surface area contributed by atoms with Crippen LogP contribution < -0.4 is 4.74 Å². The molecule has 0 aliphatic heterocycles. The van der Waals surface area contributed by atoms with Crippen LogP contribution in [0.25, 0.3) is 6.08 Å². The molecule has 0 bridgehead atoms. The van der Waals surface area contributed by atoms with Gasteiger partial charge in [0.2, 0.25) is 0 Å². The highest BCUT2D eigenvalue weighted by Crippen LogP contribution is 2.48. The fourth-order valence-corrected chi connectivity index (χ4v) is 3.32. The maximum Gasteiger partial charge on any atom is 0.307 e. The van der Waals surface area contributed by atoms with Crippen LogP contribution in [0, 0.1) is 0 Å². The number of benzene rings is 2. The Kier molecular flexibility index (Phi) is 4.20. The van der Waals surface area contributed by atoms with Gasteiger partial charge in [-0.05, 0) is 24.1 Å². The minimum absolute atomic E-state index is 0.209. The van der Waals surface area contributed by atoms with Crippen molar-refractivity contribution in [2.75, 3.05) is 13.7 Å². The number of allylic oxidation sites excluding steroid dienone is 1. The molecular weight excluding hydrogens is 288 g/mol. The van der Waals surface area contributed by atoms with E-state index in [0.717, 1.165) is 22.4 Å². The number of rotatable bonds is 5. The molecule has 118 valence electrons. The summed E-state index contributed by atoms with van der Waals surface area (Å²) < 4.78 is 10.8. The summed E-state index contributed by atoms with van der Waals surface area (Å²) >= 11 is 0. The van der Waals surface area contributed by atoms with Gasteiger partial charge in [-0.15, -0.1) is 0 Å². The molecule has 3 nitrogen and oxygen atoms in total. The Morgan fingerprint density at radius 2 is 1.87 bits per heavy atom. The van der Waals surface area contributed by atoms with Crippen molar-refractivity contribution in [2.45, 2.75) is 18.8 Å². The highest BCUT2D eigenvalue weighted by atomic mass is 16.5. The lowest BCUT2D eigenvalue weighted by Gasteiger charge is -2.30. The molecule has 0 saturated carbocycles. The van der Waals surface area contributed by atoms with Crippen molar-refractivity contribution in [3.8, 4) is 5.75 Å². The Labute approximate surface area is 136 Å². The first-order valence-corrected chi connectivity index (χ1v) is 7.79. The van der Waals surface area contributed by atoms with Crippen molar-refractivity contribution in [1.82, 2.24) is 0 Å². The van der Waals surface area contributed by atoms with Gasteiger partial charge in [-0.3, -0.25) is 4.79 Å². The van der Waals surface area contributed by atoms with Crippen molar-refractivity contribution < 1.29 is 14.3 Å². The molecule has 3 heteroatoms. The number of methoxy groups -OCH3 is 1. The molecule has 0 N–H and O–H groups in total. The molecule has 1 aliphatic rings. The van der Waals surface area contributed by atoms with E-state index in [9.17, 15) is 4.79 Å². The van der Waals surface area contributed by atoms with Crippen LogP contribution in [0.15, 0.2) is 54.6 Å². The zero-order chi connectivity index (χ0) is 16.3. The SMILES string of the molecule is CCOC(=O)C[C@@]1(c2ccccc2)C=Cc2cccc(OC)c21. The molecule has 0 saturated heterocycles. The van der Waals surface area contributed by atoms with E-state index in [1.54, 1.807) is 7.11 Å². The summed E-state index contributed by atoms with van der Waals surface area (Å²) in [4.78, 5) is 12.3. The molecule has 3 rings (SSSR count). The van der Waals surface area contributed by atoms with E-state index in [0.29, 0.717) is 6.61 Å². The molecule has 0 unspecified atom stereocenters. The Morgan fingerprint density at radius 3 is 2.57 bits per heavy atom. The Bertz CT molecular complexity index is 734. The van der Waals surface area contributed by atoms with E-state index >= 15 is 0 Å². The molecule has 2 aromatic rings. The lowest BCUT2D eigenvalue weighted by molar-refractivity contribution is -0.143. The Balaban J connectivity index is 2.17. The van der Waals surface area contributed by atoms with Crippen LogP contribution in [0.5, 0.6) is 5.75 Å². The fourth-order valence-electron chi connectivity index (χ4n) is 3.32. The topological polar surface area (TPSA) is 35.5 Å². The van der Waals surface area contributed by atoms with Crippen molar-refractivity contribution in [2.24, 2.45) is 0 Å². The van der Waals surface area contributed by atoms with Crippen LogP contribution in [0.1, 0.15) is 30.0 Å². The molecule has 1 aliphatic carbocycles. The second-order valence-electron chi connectivity index (χ2n) is 5.58. The normalized spacial score (nSPS) is 18.5. The molecule has 1 atom stereocenters. The Morgan fingerprint density at radius 1 is 1.09 bits per heavy atom. The van der Waals surface area contributed by atoms with E-state index in [1.165, 1.54) is 0 Å². The zero-order valence-electron chi connectivity index (χ0n) is 13.4. The second-order valence-corrected chi connectivity index (χ2v) is 5.58. The van der Waals surface area contributed by atoms with Gasteiger partial charge in [0.1, 0.15) is 5.75 Å². The smallest absolute Gasteiger partial charge is 0.307 e. The monoisotopic (exact) mass is 308 g/mol. The predicted molar refractivity (Wildman–Crippen MR) is 90.5 cm³/mol. The maximum atomic E-state index is 12.3. The van der Waals surface area contributed by atoms with E-state index in [2.05, 4.69) is 12.2 Å². The first-order valence-electron chi connectivity index (χ1n) is 7.79. The van der Waals surface area contributed by atoms with Crippen LogP contribution in [0.4, 0.5) is 0 Å². The zero-order valence-corrected chi connectivity index (χ0v) is 13.4. The fraction of sp³-hybridized carbons (Fsp3) is 0.250. The van der Waals surface area contributed by atoms with Gasteiger partial charge in [0, 0.05) is 5.56 Å². The number of fused-ring (bicyclic) bond motifs is 1. The van der Waals surface area contributed by atoms with Crippen molar-refractivity contribution >= 4 is 12.0 Å². The third-order valence-corrected chi connectivity index (χ3v) is 4.29. The van der Waals surface area contributed by atoms with Crippen LogP contribution in [0.2, 0.25) is 0 Å². The van der Waals surface area contributed by atoms with E-state index in [-0.39, 0.29) is 12.4 Å². The summed E-state index contributed by atoms with van der Waals surface area (Å²) in [7, 11) is 1.66. The van der Waals surface area contributed by atoms with Gasteiger partial charge in [0.15, 0.2) is 0 Å². The number of carbonyl (C=O) groups is 1. The van der Waals surface area contributed by atoms with Crippen LogP contribution in [-0.2, 0) is 14.9 Å². The van der Waals surface area contributed by atoms with Crippen molar-refractivity contribution in [3.63, 3.8) is 0 Å². The average molecular weight is 308 g/mol. The summed E-state index contributed by atoms with van der Waals surface area (Å²) in [6, 6.07) is 16.0. The molecule has 0 aromatic heterocycles. The van der Waals surface area contributed by atoms with Gasteiger partial charge < -0.3 is 9.47 Å². The van der Waals surface area contributed by atoms with Crippen LogP contribution in [-0.4, -0.2) is 19.7 Å². The standard InChI is InChI=1S/C20H20O3/c1-3-23-18(21)14-20(16-9-5-4-6-10-16)13-12-15-8-7-11-17(22-2)19(15)20/h4-13H,3,14H2,1-2H3/t20-/m1/s1. The highest BCUT2D eigenvalue weighted by molar-refractivity contribution is 5.80. The predicted octanol–water partition coefficient (Wildman–Crippen LogP) is 3.96. The number of hydrogen-bond donors (Lipinski definition) is 0. The first-order chi connectivity index (χ1) is 11.2. The number of ether oxygens (including phenoxy) is 2. The maximum absolute atomic E-state index is 12.3. The lowest BCUT2D eigenvalue weighted by Crippen LogP contribution is -2.29. The molecule has 0 heterocycles. The molecule has 0 spiro atoms. The molecular formula is C20H20O3.